The van der Waals surface area contributed by atoms with E-state index in [1.807, 2.05) is 0 Å². The van der Waals surface area contributed by atoms with Crippen molar-refractivity contribution < 1.29 is 81.9 Å². The molecule has 1 N–H and O–H groups in total. The van der Waals surface area contributed by atoms with E-state index in [9.17, 15) is 14.7 Å². The van der Waals surface area contributed by atoms with Crippen molar-refractivity contribution in [1.82, 2.24) is 14.8 Å². The van der Waals surface area contributed by atoms with Crippen LogP contribution in [0, 0.1) is 0 Å². The van der Waals surface area contributed by atoms with E-state index in [-0.39, 0.29) is 72.5 Å². The minimum Gasteiger partial charge on any atom is -0.871 e. The third kappa shape index (κ3) is 5.23. The molecule has 2 aromatic heterocycles. The minimum atomic E-state index is -3.60. The Morgan fingerprint density at radius 3 is 2.93 bits per heavy atom. The number of pyridine rings is 1. The van der Waals surface area contributed by atoms with Crippen molar-refractivity contribution in [1.29, 1.82) is 0 Å². The largest absolute Gasteiger partial charge is 1.00 e. The van der Waals surface area contributed by atoms with Crippen molar-refractivity contribution in [2.24, 2.45) is 0 Å². The van der Waals surface area contributed by atoms with Gasteiger partial charge in [0.2, 0.25) is 0 Å². The van der Waals surface area contributed by atoms with Crippen LogP contribution in [0.3, 0.4) is 0 Å². The summed E-state index contributed by atoms with van der Waals surface area (Å²) in [7, 11) is 0. The quantitative estimate of drug-likeness (QED) is 0.617. The first-order valence-electron chi connectivity index (χ1n) is 15.1. The monoisotopic (exact) mass is 430 g/mol. The topological polar surface area (TPSA) is 77.4 Å². The smallest absolute Gasteiger partial charge is 0.871 e. The number of thiophene rings is 1. The summed E-state index contributed by atoms with van der Waals surface area (Å²) in [5.74, 6) is -2.60. The Hall–Kier alpha value is -0.224. The number of nitrogens with one attached hydrogen (secondary N) is 1. The molecule has 0 spiro atoms. The number of amides is 1. The predicted octanol–water partition coefficient (Wildman–Crippen LogP) is -0.673. The van der Waals surface area contributed by atoms with Gasteiger partial charge in [-0.15, -0.1) is 11.3 Å². The molecule has 3 heterocycles. The van der Waals surface area contributed by atoms with Crippen LogP contribution in [0.5, 0.6) is 5.75 Å². The molecule has 1 aliphatic rings. The van der Waals surface area contributed by atoms with Crippen molar-refractivity contribution in [3.05, 3.63) is 26.7 Å². The van der Waals surface area contributed by atoms with E-state index in [0.717, 1.165) is 18.3 Å². The summed E-state index contributed by atoms with van der Waals surface area (Å²) in [5.41, 5.74) is -2.74. The van der Waals surface area contributed by atoms with E-state index in [1.54, 1.807) is 0 Å². The first kappa shape index (κ1) is 9.72. The molecule has 0 aromatic carbocycles. The Bertz CT molecular complexity index is 1390. The molecule has 8 heteroatoms. The fraction of sp³-hybridized carbons (Fsp3) is 0.579. The second-order valence-corrected chi connectivity index (χ2v) is 6.14. The summed E-state index contributed by atoms with van der Waals surface area (Å²) in [6, 6.07) is -2.62. The minimum absolute atomic E-state index is 0. The second kappa shape index (κ2) is 10.5. The summed E-state index contributed by atoms with van der Waals surface area (Å²) < 4.78 is 120. The zero-order valence-corrected chi connectivity index (χ0v) is 18.7. The number of piperidine rings is 1. The van der Waals surface area contributed by atoms with Gasteiger partial charge in [0.1, 0.15) is 0 Å². The maximum atomic E-state index is 13.3. The third-order valence-corrected chi connectivity index (χ3v) is 4.35. The molecule has 0 saturated carbocycles. The summed E-state index contributed by atoms with van der Waals surface area (Å²) in [6.07, 6.45) is -11.2. The number of hydrogen-bond donors (Lipinski definition) is 1. The average molecular weight is 431 g/mol. The summed E-state index contributed by atoms with van der Waals surface area (Å²) in [4.78, 5) is 26.5. The van der Waals surface area contributed by atoms with E-state index < -0.39 is 87.3 Å². The second-order valence-electron chi connectivity index (χ2n) is 5.39. The Labute approximate surface area is 227 Å². The molecule has 27 heavy (non-hydrogen) atoms. The summed E-state index contributed by atoms with van der Waals surface area (Å²) in [5, 5.41) is 15.4. The van der Waals surface area contributed by atoms with Crippen LogP contribution in [0.4, 0.5) is 0 Å². The van der Waals surface area contributed by atoms with Gasteiger partial charge in [0.15, 0.2) is 1.41 Å². The molecule has 0 radical (unpaired) electrons. The fourth-order valence-electron chi connectivity index (χ4n) is 2.46. The van der Waals surface area contributed by atoms with E-state index in [2.05, 4.69) is 0 Å². The summed E-state index contributed by atoms with van der Waals surface area (Å²) >= 11 is 0.911. The number of carbonyl (C=O) groups is 1. The van der Waals surface area contributed by atoms with Crippen molar-refractivity contribution in [3.8, 4) is 5.75 Å². The van der Waals surface area contributed by atoms with Crippen LogP contribution in [-0.4, -0.2) is 41.5 Å². The summed E-state index contributed by atoms with van der Waals surface area (Å²) in [6.45, 7) is -10.5. The van der Waals surface area contributed by atoms with E-state index in [0.29, 0.717) is 4.57 Å². The van der Waals surface area contributed by atoms with Gasteiger partial charge in [-0.25, -0.2) is 0 Å². The van der Waals surface area contributed by atoms with Crippen LogP contribution in [0.15, 0.2) is 15.6 Å². The Morgan fingerprint density at radius 1 is 1.48 bits per heavy atom. The van der Waals surface area contributed by atoms with Gasteiger partial charge in [0, 0.05) is 41.1 Å². The van der Waals surface area contributed by atoms with Crippen molar-refractivity contribution in [2.75, 3.05) is 26.1 Å². The molecule has 0 aliphatic carbocycles. The van der Waals surface area contributed by atoms with E-state index >= 15 is 0 Å². The molecule has 1 atom stereocenters. The molecule has 3 rings (SSSR count). The maximum Gasteiger partial charge on any atom is 1.00 e. The number of hydrogen-bond acceptors (Lipinski definition) is 5. The van der Waals surface area contributed by atoms with Crippen LogP contribution >= 0.6 is 11.3 Å². The number of nitrogens with zero attached hydrogens (tertiary/aromatic N) is 2. The van der Waals surface area contributed by atoms with Crippen LogP contribution in [-0.2, 0) is 0 Å². The SMILES string of the molecule is [2H]N(CCCN1C([2H])([2H])C([2H])([2H])C([2H])([2H])C([2H])([2H])C1([2H])[2H])C(=O)c1c([O-])c2cscc2n(C([2H])(C)C([2H])([2H])[2H])c1=O.[K+]. The molecule has 1 unspecified atom stereocenters. The van der Waals surface area contributed by atoms with Crippen molar-refractivity contribution >= 4 is 28.1 Å². The van der Waals surface area contributed by atoms with Crippen LogP contribution in [0.2, 0.25) is 1.41 Å². The van der Waals surface area contributed by atoms with Crippen LogP contribution in [0.1, 0.15) is 74.9 Å². The van der Waals surface area contributed by atoms with Crippen molar-refractivity contribution in [2.45, 2.75) is 45.3 Å². The first-order valence-corrected chi connectivity index (χ1v) is 8.58. The standard InChI is InChI=1S/C19H27N3O3S.K/c1-13(2)22-15-12-26-11-14(15)17(23)16(19(22)25)18(24)20-7-6-10-21-8-4-3-5-9-21;/h11-13,23H,3-10H2,1-2H3,(H,20,24);/q;+1/p-1/i1D3,3D2,4D2,5D2,8D2,9D2,13D;/hD. The van der Waals surface area contributed by atoms with Gasteiger partial charge in [-0.2, -0.15) is 0 Å². The van der Waals surface area contributed by atoms with Gasteiger partial charge in [-0.1, -0.05) is 12.1 Å². The van der Waals surface area contributed by atoms with Gasteiger partial charge in [-0.3, -0.25) is 9.59 Å². The maximum absolute atomic E-state index is 13.3. The van der Waals surface area contributed by atoms with Crippen molar-refractivity contribution in [3.63, 3.8) is 0 Å². The van der Waals surface area contributed by atoms with Gasteiger partial charge >= 0.3 is 51.4 Å². The van der Waals surface area contributed by atoms with E-state index in [4.69, 9.17) is 20.6 Å². The van der Waals surface area contributed by atoms with Crippen LogP contribution in [0.25, 0.3) is 10.9 Å². The molecule has 1 saturated heterocycles. The number of likely N-dealkylation sites (tertiary alicyclic amines) is 1. The number of rotatable bonds is 6. The van der Waals surface area contributed by atoms with Gasteiger partial charge in [-0.05, 0) is 57.9 Å². The number of carbonyl (C=O) groups excluding carboxylic acids is 1. The van der Waals surface area contributed by atoms with Gasteiger partial charge in [0.25, 0.3) is 11.5 Å². The Kier molecular flexibility index (Phi) is 3.79. The molecular weight excluding hydrogens is 389 g/mol. The van der Waals surface area contributed by atoms with E-state index in [1.165, 1.54) is 10.8 Å². The van der Waals surface area contributed by atoms with Gasteiger partial charge in [0.05, 0.1) is 12.5 Å². The zero-order valence-electron chi connectivity index (χ0n) is 29.8. The first-order chi connectivity index (χ1) is 18.2. The molecule has 0 bridgehead atoms. The Balaban J connectivity index is 0.00000616. The van der Waals surface area contributed by atoms with Gasteiger partial charge < -0.3 is 19.9 Å². The molecule has 2 aromatic rings. The zero-order chi connectivity index (χ0) is 31.9. The molecular formula is C19H26KN3O3S. The predicted molar refractivity (Wildman–Crippen MR) is 103 cm³/mol. The molecule has 1 amide bonds. The third-order valence-electron chi connectivity index (χ3n) is 3.62. The molecule has 1 aliphatic heterocycles. The van der Waals surface area contributed by atoms with Crippen LogP contribution < -0.4 is 67.4 Å². The normalized spacial score (nSPS) is 35.2. The number of fused-ring (bicyclic) bond motifs is 1. The molecule has 6 nitrogen and oxygen atoms in total. The average Bonchev–Trinajstić information content (AvgIpc) is 3.28. The molecule has 1 fully saturated rings. The Morgan fingerprint density at radius 2 is 2.22 bits per heavy atom. The number of aromatic nitrogens is 1. The molecule has 142 valence electrons. The fourth-order valence-corrected chi connectivity index (χ4v) is 3.25.